The van der Waals surface area contributed by atoms with Crippen LogP contribution in [-0.4, -0.2) is 21.3 Å². The van der Waals surface area contributed by atoms with Crippen molar-refractivity contribution in [1.29, 1.82) is 0 Å². The summed E-state index contributed by atoms with van der Waals surface area (Å²) in [5.74, 6) is 1.02. The number of rotatable bonds is 0. The molecular weight excluding hydrogens is 160 g/mol. The third kappa shape index (κ3) is 1.21. The monoisotopic (exact) mass is 170 g/mol. The molecule has 0 saturated carbocycles. The van der Waals surface area contributed by atoms with Gasteiger partial charge in [0.05, 0.1) is 6.54 Å². The Morgan fingerprint density at radius 1 is 1.55 bits per heavy atom. The molecule has 0 atom stereocenters. The van der Waals surface area contributed by atoms with E-state index in [9.17, 15) is 0 Å². The lowest BCUT2D eigenvalue weighted by molar-refractivity contribution is 0.636. The molecule has 0 radical (unpaired) electrons. The minimum atomic E-state index is 0.740. The van der Waals surface area contributed by atoms with E-state index in [4.69, 9.17) is 12.2 Å². The van der Waals surface area contributed by atoms with Gasteiger partial charge >= 0.3 is 0 Å². The van der Waals surface area contributed by atoms with E-state index in [1.54, 1.807) is 0 Å². The summed E-state index contributed by atoms with van der Waals surface area (Å²) in [6, 6.07) is 0. The van der Waals surface area contributed by atoms with Crippen molar-refractivity contribution in [2.45, 2.75) is 19.5 Å². The Bertz CT molecular complexity index is 300. The molecule has 60 valence electrons. The SMILES string of the molecule is S=c1[nH]nc2n1CCCNC2. The van der Waals surface area contributed by atoms with Crippen LogP contribution in [0, 0.1) is 4.77 Å². The average molecular weight is 170 g/mol. The molecule has 0 saturated heterocycles. The van der Waals surface area contributed by atoms with E-state index in [2.05, 4.69) is 20.1 Å². The molecule has 2 rings (SSSR count). The Hall–Kier alpha value is -0.680. The molecule has 0 amide bonds. The summed E-state index contributed by atoms with van der Waals surface area (Å²) in [7, 11) is 0. The summed E-state index contributed by atoms with van der Waals surface area (Å²) < 4.78 is 2.79. The lowest BCUT2D eigenvalue weighted by atomic mass is 10.4. The van der Waals surface area contributed by atoms with Gasteiger partial charge in [0.1, 0.15) is 5.82 Å². The fourth-order valence-electron chi connectivity index (χ4n) is 1.28. The van der Waals surface area contributed by atoms with E-state index in [-0.39, 0.29) is 0 Å². The molecular formula is C6H10N4S. The van der Waals surface area contributed by atoms with Crippen LogP contribution in [0.3, 0.4) is 0 Å². The second-order valence-electron chi connectivity index (χ2n) is 2.63. The molecule has 1 aliphatic heterocycles. The summed E-state index contributed by atoms with van der Waals surface area (Å²) >= 11 is 5.05. The van der Waals surface area contributed by atoms with Gasteiger partial charge in [-0.05, 0) is 25.2 Å². The maximum atomic E-state index is 5.05. The van der Waals surface area contributed by atoms with Crippen LogP contribution in [-0.2, 0) is 13.1 Å². The van der Waals surface area contributed by atoms with Gasteiger partial charge in [0.15, 0.2) is 4.77 Å². The van der Waals surface area contributed by atoms with Crippen molar-refractivity contribution in [3.63, 3.8) is 0 Å². The quantitative estimate of drug-likeness (QED) is 0.555. The van der Waals surface area contributed by atoms with E-state index < -0.39 is 0 Å². The summed E-state index contributed by atoms with van der Waals surface area (Å²) in [5, 5.41) is 10.1. The minimum absolute atomic E-state index is 0.740. The summed E-state index contributed by atoms with van der Waals surface area (Å²) in [5.41, 5.74) is 0. The molecule has 0 bridgehead atoms. The lowest BCUT2D eigenvalue weighted by Crippen LogP contribution is -2.12. The zero-order valence-electron chi connectivity index (χ0n) is 6.13. The lowest BCUT2D eigenvalue weighted by Gasteiger charge is -1.97. The molecule has 1 aromatic heterocycles. The maximum Gasteiger partial charge on any atom is 0.195 e. The van der Waals surface area contributed by atoms with Gasteiger partial charge in [0.25, 0.3) is 0 Å². The number of hydrogen-bond donors (Lipinski definition) is 2. The predicted molar refractivity (Wildman–Crippen MR) is 43.7 cm³/mol. The minimum Gasteiger partial charge on any atom is -0.310 e. The molecule has 11 heavy (non-hydrogen) atoms. The Labute approximate surface area is 69.6 Å². The number of H-pyrrole nitrogens is 1. The molecule has 4 nitrogen and oxygen atoms in total. The number of aromatic nitrogens is 3. The molecule has 1 aliphatic rings. The zero-order chi connectivity index (χ0) is 7.68. The smallest absolute Gasteiger partial charge is 0.195 e. The van der Waals surface area contributed by atoms with Gasteiger partial charge in [-0.3, -0.25) is 5.10 Å². The van der Waals surface area contributed by atoms with Gasteiger partial charge in [-0.25, -0.2) is 0 Å². The second-order valence-corrected chi connectivity index (χ2v) is 3.01. The molecule has 0 spiro atoms. The van der Waals surface area contributed by atoms with Gasteiger partial charge in [0.2, 0.25) is 0 Å². The maximum absolute atomic E-state index is 5.05. The number of fused-ring (bicyclic) bond motifs is 1. The van der Waals surface area contributed by atoms with Gasteiger partial charge in [-0.2, -0.15) is 5.10 Å². The summed E-state index contributed by atoms with van der Waals surface area (Å²) in [6.45, 7) is 2.86. The van der Waals surface area contributed by atoms with Gasteiger partial charge in [-0.1, -0.05) is 0 Å². The van der Waals surface area contributed by atoms with E-state index in [1.807, 2.05) is 0 Å². The van der Waals surface area contributed by atoms with Gasteiger partial charge in [-0.15, -0.1) is 0 Å². The molecule has 1 aromatic rings. The number of hydrogen-bond acceptors (Lipinski definition) is 3. The van der Waals surface area contributed by atoms with Crippen molar-refractivity contribution < 1.29 is 0 Å². The van der Waals surface area contributed by atoms with Gasteiger partial charge < -0.3 is 9.88 Å². The number of nitrogens with one attached hydrogen (secondary N) is 2. The van der Waals surface area contributed by atoms with E-state index in [1.165, 1.54) is 0 Å². The summed E-state index contributed by atoms with van der Waals surface area (Å²) in [4.78, 5) is 0. The highest BCUT2D eigenvalue weighted by atomic mass is 32.1. The second kappa shape index (κ2) is 2.75. The highest BCUT2D eigenvalue weighted by molar-refractivity contribution is 7.71. The first-order chi connectivity index (χ1) is 5.38. The standard InChI is InChI=1S/C6H10N4S/c11-6-9-8-5-4-7-2-1-3-10(5)6/h7H,1-4H2,(H,9,11). The van der Waals surface area contributed by atoms with Crippen LogP contribution in [0.4, 0.5) is 0 Å². The fraction of sp³-hybridized carbons (Fsp3) is 0.667. The fourth-order valence-corrected chi connectivity index (χ4v) is 1.52. The predicted octanol–water partition coefficient (Wildman–Crippen LogP) is 0.434. The molecule has 0 fully saturated rings. The Morgan fingerprint density at radius 3 is 3.36 bits per heavy atom. The van der Waals surface area contributed by atoms with Crippen molar-refractivity contribution in [3.8, 4) is 0 Å². The average Bonchev–Trinajstić information content (AvgIpc) is 2.25. The molecule has 2 N–H and O–H groups in total. The third-order valence-corrected chi connectivity index (χ3v) is 2.17. The van der Waals surface area contributed by atoms with Crippen LogP contribution in [0.25, 0.3) is 0 Å². The molecule has 2 heterocycles. The molecule has 0 aromatic carbocycles. The number of aromatic amines is 1. The molecule has 5 heteroatoms. The van der Waals surface area contributed by atoms with Crippen molar-refractivity contribution >= 4 is 12.2 Å². The highest BCUT2D eigenvalue weighted by Crippen LogP contribution is 2.02. The van der Waals surface area contributed by atoms with Crippen LogP contribution >= 0.6 is 12.2 Å². The Balaban J connectivity index is 2.43. The highest BCUT2D eigenvalue weighted by Gasteiger charge is 2.07. The summed E-state index contributed by atoms with van der Waals surface area (Å²) in [6.07, 6.45) is 1.13. The first-order valence-electron chi connectivity index (χ1n) is 3.73. The largest absolute Gasteiger partial charge is 0.310 e. The van der Waals surface area contributed by atoms with Crippen LogP contribution in [0.1, 0.15) is 12.2 Å². The molecule has 0 unspecified atom stereocenters. The van der Waals surface area contributed by atoms with Crippen molar-refractivity contribution in [2.24, 2.45) is 0 Å². The van der Waals surface area contributed by atoms with Crippen LogP contribution in [0.5, 0.6) is 0 Å². The van der Waals surface area contributed by atoms with E-state index in [0.717, 1.165) is 36.7 Å². The van der Waals surface area contributed by atoms with Gasteiger partial charge in [0, 0.05) is 6.54 Å². The first kappa shape index (κ1) is 7.00. The van der Waals surface area contributed by atoms with Crippen molar-refractivity contribution in [3.05, 3.63) is 10.6 Å². The third-order valence-electron chi connectivity index (χ3n) is 1.86. The normalized spacial score (nSPS) is 17.5. The van der Waals surface area contributed by atoms with Crippen LogP contribution < -0.4 is 5.32 Å². The Kier molecular flexibility index (Phi) is 1.75. The van der Waals surface area contributed by atoms with E-state index >= 15 is 0 Å². The topological polar surface area (TPSA) is 45.6 Å². The van der Waals surface area contributed by atoms with E-state index in [0.29, 0.717) is 0 Å². The number of nitrogens with zero attached hydrogens (tertiary/aromatic N) is 2. The zero-order valence-corrected chi connectivity index (χ0v) is 6.95. The Morgan fingerprint density at radius 2 is 2.45 bits per heavy atom. The first-order valence-corrected chi connectivity index (χ1v) is 4.13. The molecule has 0 aliphatic carbocycles. The van der Waals surface area contributed by atoms with Crippen molar-refractivity contribution in [2.75, 3.05) is 6.54 Å². The van der Waals surface area contributed by atoms with Crippen LogP contribution in [0.15, 0.2) is 0 Å². The van der Waals surface area contributed by atoms with Crippen LogP contribution in [0.2, 0.25) is 0 Å². The van der Waals surface area contributed by atoms with Crippen molar-refractivity contribution in [1.82, 2.24) is 20.1 Å².